The van der Waals surface area contributed by atoms with E-state index in [2.05, 4.69) is 10.3 Å². The van der Waals surface area contributed by atoms with E-state index in [-0.39, 0.29) is 22.7 Å². The summed E-state index contributed by atoms with van der Waals surface area (Å²) in [5.41, 5.74) is 2.06. The van der Waals surface area contributed by atoms with Crippen LogP contribution in [-0.4, -0.2) is 37.0 Å². The van der Waals surface area contributed by atoms with Gasteiger partial charge in [-0.05, 0) is 57.2 Å². The average molecular weight is 481 g/mol. The number of ether oxygens (including phenoxy) is 1. The van der Waals surface area contributed by atoms with Gasteiger partial charge >= 0.3 is 0 Å². The molecular weight excluding hydrogens is 456 g/mol. The molecule has 0 saturated carbocycles. The van der Waals surface area contributed by atoms with Crippen LogP contribution in [0.15, 0.2) is 74.9 Å². The molecule has 2 heterocycles. The lowest BCUT2D eigenvalue weighted by Crippen LogP contribution is -2.31. The molecule has 2 aromatic carbocycles. The maximum atomic E-state index is 13.7. The van der Waals surface area contributed by atoms with E-state index >= 15 is 0 Å². The van der Waals surface area contributed by atoms with Crippen molar-refractivity contribution in [3.63, 3.8) is 0 Å². The summed E-state index contributed by atoms with van der Waals surface area (Å²) in [5.74, 6) is 0.654. The van der Waals surface area contributed by atoms with Crippen molar-refractivity contribution >= 4 is 15.7 Å². The fraction of sp³-hybridized carbons (Fsp3) is 0.208. The minimum atomic E-state index is -3.97. The van der Waals surface area contributed by atoms with Crippen LogP contribution in [0.4, 0.5) is 5.69 Å². The molecule has 0 atom stereocenters. The largest absolute Gasteiger partial charge is 0.495 e. The second-order valence-corrected chi connectivity index (χ2v) is 9.34. The van der Waals surface area contributed by atoms with Gasteiger partial charge in [-0.2, -0.15) is 9.78 Å². The maximum absolute atomic E-state index is 13.7. The zero-order valence-corrected chi connectivity index (χ0v) is 20.0. The van der Waals surface area contributed by atoms with Gasteiger partial charge in [-0.25, -0.2) is 8.42 Å². The molecule has 9 nitrogen and oxygen atoms in total. The lowest BCUT2D eigenvalue weighted by molar-refractivity contribution is 0.392. The lowest BCUT2D eigenvalue weighted by atomic mass is 10.1. The van der Waals surface area contributed by atoms with Crippen molar-refractivity contribution in [2.24, 2.45) is 0 Å². The van der Waals surface area contributed by atoms with E-state index in [4.69, 9.17) is 9.26 Å². The normalized spacial score (nSPS) is 11.4. The quantitative estimate of drug-likeness (QED) is 0.397. The van der Waals surface area contributed by atoms with Crippen molar-refractivity contribution in [2.45, 2.75) is 25.7 Å². The number of nitrogens with zero attached hydrogens (tertiary/aromatic N) is 4. The Morgan fingerprint density at radius 1 is 1.06 bits per heavy atom. The summed E-state index contributed by atoms with van der Waals surface area (Å²) in [7, 11) is -2.55. The zero-order valence-electron chi connectivity index (χ0n) is 19.2. The molecule has 4 rings (SSSR count). The number of methoxy groups -OCH3 is 1. The molecule has 10 heteroatoms. The van der Waals surface area contributed by atoms with Crippen LogP contribution in [-0.2, 0) is 10.0 Å². The van der Waals surface area contributed by atoms with Crippen LogP contribution in [0.25, 0.3) is 16.9 Å². The van der Waals surface area contributed by atoms with Crippen LogP contribution < -0.4 is 14.6 Å². The Kier molecular flexibility index (Phi) is 6.25. The molecule has 34 heavy (non-hydrogen) atoms. The van der Waals surface area contributed by atoms with Gasteiger partial charge in [0.25, 0.3) is 15.6 Å². The Balaban J connectivity index is 1.86. The summed E-state index contributed by atoms with van der Waals surface area (Å²) in [5, 5.41) is 8.35. The number of benzene rings is 2. The summed E-state index contributed by atoms with van der Waals surface area (Å²) in [6.45, 7) is 5.40. The molecule has 0 spiro atoms. The van der Waals surface area contributed by atoms with E-state index in [0.29, 0.717) is 34.1 Å². The van der Waals surface area contributed by atoms with Crippen LogP contribution in [0.3, 0.4) is 0 Å². The first-order valence-corrected chi connectivity index (χ1v) is 12.0. The first kappa shape index (κ1) is 23.2. The molecule has 0 fully saturated rings. The third-order valence-corrected chi connectivity index (χ3v) is 7.29. The minimum Gasteiger partial charge on any atom is -0.495 e. The Labute approximate surface area is 197 Å². The molecule has 0 aliphatic heterocycles. The highest BCUT2D eigenvalue weighted by atomic mass is 32.2. The highest BCUT2D eigenvalue weighted by Crippen LogP contribution is 2.33. The summed E-state index contributed by atoms with van der Waals surface area (Å²) < 4.78 is 40.4. The van der Waals surface area contributed by atoms with Gasteiger partial charge in [0.15, 0.2) is 5.76 Å². The molecule has 0 aliphatic carbocycles. The van der Waals surface area contributed by atoms with Crippen LogP contribution in [0, 0.1) is 13.8 Å². The Morgan fingerprint density at radius 2 is 1.79 bits per heavy atom. The van der Waals surface area contributed by atoms with Crippen molar-refractivity contribution in [3.05, 3.63) is 82.5 Å². The van der Waals surface area contributed by atoms with E-state index < -0.39 is 10.0 Å². The average Bonchev–Trinajstić information content (AvgIpc) is 3.17. The minimum absolute atomic E-state index is 0.00454. The number of aromatic nitrogens is 3. The molecule has 0 N–H and O–H groups in total. The Bertz CT molecular complexity index is 1470. The van der Waals surface area contributed by atoms with Gasteiger partial charge in [0.1, 0.15) is 22.0 Å². The predicted molar refractivity (Wildman–Crippen MR) is 128 cm³/mol. The second-order valence-electron chi connectivity index (χ2n) is 7.51. The number of anilines is 1. The van der Waals surface area contributed by atoms with Crippen LogP contribution in [0.5, 0.6) is 5.75 Å². The van der Waals surface area contributed by atoms with Gasteiger partial charge in [-0.3, -0.25) is 9.10 Å². The number of hydrogen-bond acceptors (Lipinski definition) is 7. The molecule has 0 aliphatic rings. The van der Waals surface area contributed by atoms with Crippen LogP contribution >= 0.6 is 0 Å². The fourth-order valence-corrected chi connectivity index (χ4v) is 5.41. The van der Waals surface area contributed by atoms with Crippen molar-refractivity contribution in [1.29, 1.82) is 0 Å². The lowest BCUT2D eigenvalue weighted by Gasteiger charge is -2.24. The third kappa shape index (κ3) is 4.08. The molecule has 2 aromatic heterocycles. The van der Waals surface area contributed by atoms with Crippen LogP contribution in [0.2, 0.25) is 0 Å². The van der Waals surface area contributed by atoms with Crippen molar-refractivity contribution in [2.75, 3.05) is 18.0 Å². The fourth-order valence-electron chi connectivity index (χ4n) is 3.75. The monoisotopic (exact) mass is 480 g/mol. The maximum Gasteiger partial charge on any atom is 0.271 e. The number of hydrogen-bond donors (Lipinski definition) is 0. The molecule has 176 valence electrons. The van der Waals surface area contributed by atoms with Crippen molar-refractivity contribution < 1.29 is 17.7 Å². The van der Waals surface area contributed by atoms with Gasteiger partial charge in [-0.1, -0.05) is 23.4 Å². The SMILES string of the molecule is CCN(c1ccccc1)S(=O)(=O)c1cc(-c2ccc(=O)n(-c3c(C)noc3C)n2)ccc1OC. The van der Waals surface area contributed by atoms with Crippen LogP contribution in [0.1, 0.15) is 18.4 Å². The third-order valence-electron chi connectivity index (χ3n) is 5.37. The Morgan fingerprint density at radius 3 is 2.41 bits per heavy atom. The first-order chi connectivity index (χ1) is 16.3. The standard InChI is InChI=1S/C24H24N4O5S/c1-5-27(19-9-7-6-8-10-19)34(30,31)22-15-18(11-13-21(22)32-4)20-12-14-23(29)28(25-20)24-16(2)26-33-17(24)3/h6-15H,5H2,1-4H3. The second kappa shape index (κ2) is 9.14. The highest BCUT2D eigenvalue weighted by Gasteiger charge is 2.28. The Hall–Kier alpha value is -3.92. The summed E-state index contributed by atoms with van der Waals surface area (Å²) in [6.07, 6.45) is 0. The summed E-state index contributed by atoms with van der Waals surface area (Å²) in [4.78, 5) is 12.5. The molecule has 0 amide bonds. The molecule has 0 bridgehead atoms. The van der Waals surface area contributed by atoms with E-state index in [1.54, 1.807) is 63.2 Å². The number of sulfonamides is 1. The summed E-state index contributed by atoms with van der Waals surface area (Å²) >= 11 is 0. The molecule has 4 aromatic rings. The molecule has 0 unspecified atom stereocenters. The van der Waals surface area contributed by atoms with E-state index in [1.807, 2.05) is 6.07 Å². The van der Waals surface area contributed by atoms with Gasteiger partial charge in [0, 0.05) is 18.2 Å². The molecule has 0 radical (unpaired) electrons. The number of rotatable bonds is 7. The van der Waals surface area contributed by atoms with Gasteiger partial charge in [-0.15, -0.1) is 0 Å². The van der Waals surface area contributed by atoms with Crippen molar-refractivity contribution in [1.82, 2.24) is 14.9 Å². The van der Waals surface area contributed by atoms with E-state index in [9.17, 15) is 13.2 Å². The first-order valence-electron chi connectivity index (χ1n) is 10.6. The van der Waals surface area contributed by atoms with E-state index in [1.165, 1.54) is 28.2 Å². The van der Waals surface area contributed by atoms with Gasteiger partial charge in [0.05, 0.1) is 18.5 Å². The molecule has 0 saturated heterocycles. The topological polar surface area (TPSA) is 108 Å². The predicted octanol–water partition coefficient (Wildman–Crippen LogP) is 3.73. The van der Waals surface area contributed by atoms with Gasteiger partial charge < -0.3 is 9.26 Å². The summed E-state index contributed by atoms with van der Waals surface area (Å²) in [6, 6.07) is 16.5. The van der Waals surface area contributed by atoms with Crippen molar-refractivity contribution in [3.8, 4) is 22.7 Å². The van der Waals surface area contributed by atoms with Gasteiger partial charge in [0.2, 0.25) is 0 Å². The smallest absolute Gasteiger partial charge is 0.271 e. The molecular formula is C24H24N4O5S. The van der Waals surface area contributed by atoms with E-state index in [0.717, 1.165) is 0 Å². The highest BCUT2D eigenvalue weighted by molar-refractivity contribution is 7.93. The number of para-hydroxylation sites is 1. The zero-order chi connectivity index (χ0) is 24.5. The number of aryl methyl sites for hydroxylation is 2.